The summed E-state index contributed by atoms with van der Waals surface area (Å²) in [5.41, 5.74) is 9.44. The number of hydrogen-bond donors (Lipinski definition) is 2. The van der Waals surface area contributed by atoms with E-state index in [0.717, 1.165) is 41.4 Å². The second-order valence-corrected chi connectivity index (χ2v) is 9.17. The van der Waals surface area contributed by atoms with E-state index in [9.17, 15) is 8.78 Å². The number of para-hydroxylation sites is 1. The molecule has 39 heavy (non-hydrogen) atoms. The summed E-state index contributed by atoms with van der Waals surface area (Å²) in [6, 6.07) is 14.1. The van der Waals surface area contributed by atoms with Gasteiger partial charge in [-0.15, -0.1) is 0 Å². The molecule has 8 heteroatoms. The first kappa shape index (κ1) is 33.7. The molecule has 0 fully saturated rings. The van der Waals surface area contributed by atoms with Gasteiger partial charge in [-0.3, -0.25) is 5.01 Å². The van der Waals surface area contributed by atoms with Crippen LogP contribution in [0, 0.1) is 5.82 Å². The third kappa shape index (κ3) is 10.4. The molecule has 0 unspecified atom stereocenters. The number of aliphatic imine (C=N–C) groups is 1. The molecule has 0 bridgehead atoms. The zero-order valence-corrected chi connectivity index (χ0v) is 25.0. The number of halogens is 2. The maximum atomic E-state index is 13.2. The molecule has 2 aromatic rings. The number of nitrogens with zero attached hydrogens (tertiary/aromatic N) is 3. The zero-order chi connectivity index (χ0) is 29.4. The number of amidine groups is 1. The Kier molecular flexibility index (Phi) is 15.6. The van der Waals surface area contributed by atoms with E-state index < -0.39 is 0 Å². The summed E-state index contributed by atoms with van der Waals surface area (Å²) in [5, 5.41) is 1.96. The average Bonchev–Trinajstić information content (AvgIpc) is 2.97. The molecular weight excluding hydrogens is 512 g/mol. The number of hydrazine groups is 1. The van der Waals surface area contributed by atoms with Crippen molar-refractivity contribution in [3.63, 3.8) is 0 Å². The molecule has 5 nitrogen and oxygen atoms in total. The minimum Gasteiger partial charge on any atom is -0.390 e. The Hall–Kier alpha value is -3.36. The van der Waals surface area contributed by atoms with Crippen LogP contribution in [0.15, 0.2) is 105 Å². The van der Waals surface area contributed by atoms with E-state index in [1.54, 1.807) is 19.1 Å². The van der Waals surface area contributed by atoms with Crippen molar-refractivity contribution in [2.45, 2.75) is 59.3 Å². The predicted molar refractivity (Wildman–Crippen MR) is 165 cm³/mol. The summed E-state index contributed by atoms with van der Waals surface area (Å²) in [6.45, 7) is 11.8. The Morgan fingerprint density at radius 3 is 2.26 bits per heavy atom. The largest absolute Gasteiger partial charge is 0.390 e. The number of benzene rings is 2. The number of rotatable bonds is 4. The predicted octanol–water partition coefficient (Wildman–Crippen LogP) is 8.28. The van der Waals surface area contributed by atoms with Gasteiger partial charge in [-0.1, -0.05) is 75.9 Å². The summed E-state index contributed by atoms with van der Waals surface area (Å²) >= 11 is 1.31. The number of allylic oxidation sites excluding steroid dienone is 4. The van der Waals surface area contributed by atoms with Gasteiger partial charge in [0.15, 0.2) is 5.82 Å². The molecule has 0 spiro atoms. The number of nitrogens with two attached hydrogens (primary N) is 2. The molecule has 1 aliphatic heterocycles. The summed E-state index contributed by atoms with van der Waals surface area (Å²) < 4.78 is 24.5. The van der Waals surface area contributed by atoms with Crippen molar-refractivity contribution in [2.75, 3.05) is 18.6 Å². The van der Waals surface area contributed by atoms with Crippen LogP contribution in [0.1, 0.15) is 59.9 Å². The van der Waals surface area contributed by atoms with Gasteiger partial charge in [0, 0.05) is 24.1 Å². The van der Waals surface area contributed by atoms with Gasteiger partial charge < -0.3 is 10.6 Å². The Morgan fingerprint density at radius 1 is 1.08 bits per heavy atom. The van der Waals surface area contributed by atoms with E-state index in [1.807, 2.05) is 59.0 Å². The smallest absolute Gasteiger partial charge is 0.180 e. The minimum absolute atomic E-state index is 0.120. The highest BCUT2D eigenvalue weighted by Gasteiger charge is 2.26. The maximum Gasteiger partial charge on any atom is 0.180 e. The van der Waals surface area contributed by atoms with Crippen LogP contribution >= 0.6 is 11.8 Å². The van der Waals surface area contributed by atoms with Crippen LogP contribution in [0.3, 0.4) is 0 Å². The monoisotopic (exact) mass is 555 g/mol. The summed E-state index contributed by atoms with van der Waals surface area (Å²) in [6.07, 6.45) is 10.2. The molecular formula is C31H43F2N5S. The standard InChI is InChI=1S/C23H24FN5S.C4H7F.2C2H6/c1-28(15-16-7-3-2-4-8-16)22-19-9-5-6-10-20(19)29(26)23(27-22)21(25)30-18-13-11-17(24)12-14-18;1-3-4(2)5;2*1-2/h3,5-14H,2,4,15,25-26H2,1H3;3H,1-2H3;2*1-2H3/b23-21+;4-3+;;. The van der Waals surface area contributed by atoms with Gasteiger partial charge in [0.05, 0.1) is 11.5 Å². The van der Waals surface area contributed by atoms with E-state index in [4.69, 9.17) is 16.6 Å². The highest BCUT2D eigenvalue weighted by molar-refractivity contribution is 8.03. The maximum absolute atomic E-state index is 13.2. The molecule has 212 valence electrons. The molecule has 0 aromatic heterocycles. The molecule has 0 radical (unpaired) electrons. The van der Waals surface area contributed by atoms with Crippen LogP contribution < -0.4 is 16.6 Å². The number of likely N-dealkylation sites (N-methyl/N-ethyl adjacent to an activating group) is 1. The van der Waals surface area contributed by atoms with Crippen molar-refractivity contribution < 1.29 is 8.78 Å². The average molecular weight is 556 g/mol. The summed E-state index contributed by atoms with van der Waals surface area (Å²) in [4.78, 5) is 7.77. The molecule has 1 heterocycles. The summed E-state index contributed by atoms with van der Waals surface area (Å²) in [7, 11) is 2.02. The lowest BCUT2D eigenvalue weighted by atomic mass is 10.1. The van der Waals surface area contributed by atoms with Crippen LogP contribution in [0.2, 0.25) is 0 Å². The van der Waals surface area contributed by atoms with Gasteiger partial charge in [-0.05, 0) is 68.7 Å². The van der Waals surface area contributed by atoms with Crippen LogP contribution in [0.25, 0.3) is 0 Å². The van der Waals surface area contributed by atoms with Crippen molar-refractivity contribution in [3.8, 4) is 0 Å². The van der Waals surface area contributed by atoms with Gasteiger partial charge >= 0.3 is 0 Å². The van der Waals surface area contributed by atoms with Gasteiger partial charge in [-0.25, -0.2) is 19.6 Å². The van der Waals surface area contributed by atoms with Gasteiger partial charge in [0.1, 0.15) is 16.7 Å². The van der Waals surface area contributed by atoms with Crippen molar-refractivity contribution in [1.29, 1.82) is 0 Å². The molecule has 4 N–H and O–H groups in total. The van der Waals surface area contributed by atoms with Crippen LogP contribution in [0.5, 0.6) is 0 Å². The fourth-order valence-corrected chi connectivity index (χ4v) is 4.24. The second-order valence-electron chi connectivity index (χ2n) is 8.06. The van der Waals surface area contributed by atoms with Crippen molar-refractivity contribution in [3.05, 3.63) is 106 Å². The fourth-order valence-electron chi connectivity index (χ4n) is 3.48. The number of thioether (sulfide) groups is 1. The summed E-state index contributed by atoms with van der Waals surface area (Å²) in [5.74, 6) is 7.26. The lowest BCUT2D eigenvalue weighted by Gasteiger charge is -2.32. The van der Waals surface area contributed by atoms with Crippen molar-refractivity contribution in [1.82, 2.24) is 4.90 Å². The normalized spacial score (nSPS) is 15.1. The van der Waals surface area contributed by atoms with E-state index in [-0.39, 0.29) is 11.6 Å². The van der Waals surface area contributed by atoms with E-state index in [2.05, 4.69) is 23.1 Å². The third-order valence-electron chi connectivity index (χ3n) is 5.36. The molecule has 0 saturated carbocycles. The van der Waals surface area contributed by atoms with E-state index in [1.165, 1.54) is 47.5 Å². The van der Waals surface area contributed by atoms with Crippen molar-refractivity contribution in [2.24, 2.45) is 16.6 Å². The second kappa shape index (κ2) is 18.0. The Morgan fingerprint density at radius 2 is 1.69 bits per heavy atom. The Labute approximate surface area is 237 Å². The minimum atomic E-state index is -0.286. The van der Waals surface area contributed by atoms with Gasteiger partial charge in [0.25, 0.3) is 0 Å². The molecule has 0 amide bonds. The first-order valence-electron chi connectivity index (χ1n) is 13.3. The Bertz CT molecular complexity index is 1180. The molecule has 0 atom stereocenters. The van der Waals surface area contributed by atoms with Crippen molar-refractivity contribution >= 4 is 23.3 Å². The Balaban J connectivity index is 0.000000748. The van der Waals surface area contributed by atoms with Gasteiger partial charge in [0.2, 0.25) is 0 Å². The van der Waals surface area contributed by atoms with E-state index >= 15 is 0 Å². The van der Waals surface area contributed by atoms with Crippen LogP contribution in [-0.4, -0.2) is 24.3 Å². The molecule has 0 saturated heterocycles. The first-order chi connectivity index (χ1) is 18.8. The molecule has 2 aromatic carbocycles. The highest BCUT2D eigenvalue weighted by atomic mass is 32.2. The third-order valence-corrected chi connectivity index (χ3v) is 6.27. The zero-order valence-electron chi connectivity index (χ0n) is 24.2. The van der Waals surface area contributed by atoms with Crippen LogP contribution in [-0.2, 0) is 0 Å². The molecule has 2 aliphatic rings. The quantitative estimate of drug-likeness (QED) is 0.293. The number of anilines is 1. The first-order valence-corrected chi connectivity index (χ1v) is 14.1. The van der Waals surface area contributed by atoms with E-state index in [0.29, 0.717) is 10.9 Å². The lowest BCUT2D eigenvalue weighted by molar-refractivity contribution is 0.549. The molecule has 4 rings (SSSR count). The topological polar surface area (TPSA) is 70.9 Å². The number of hydrogen-bond acceptors (Lipinski definition) is 6. The van der Waals surface area contributed by atoms with Crippen LogP contribution in [0.4, 0.5) is 14.5 Å². The SMILES string of the molecule is C/C=C(\C)F.CC.CC.CN(CC1=CCCC=C1)C1=N/C(=C(/N)Sc2ccc(F)cc2)N(N)c2ccccc21. The lowest BCUT2D eigenvalue weighted by Crippen LogP contribution is -2.40. The van der Waals surface area contributed by atoms with Gasteiger partial charge in [-0.2, -0.15) is 0 Å². The fraction of sp³-hybridized carbons (Fsp3) is 0.323. The highest BCUT2D eigenvalue weighted by Crippen LogP contribution is 2.34. The molecule has 1 aliphatic carbocycles. The number of fused-ring (bicyclic) bond motifs is 1.